The molecule has 0 amide bonds. The lowest BCUT2D eigenvalue weighted by molar-refractivity contribution is 0.112. The number of hydrogen-bond donors (Lipinski definition) is 0. The maximum absolute atomic E-state index is 14.0. The van der Waals surface area contributed by atoms with Gasteiger partial charge in [0.25, 0.3) is 0 Å². The molecular weight excluding hydrogens is 293 g/mol. The van der Waals surface area contributed by atoms with E-state index in [4.69, 9.17) is 0 Å². The van der Waals surface area contributed by atoms with Crippen LogP contribution in [0.15, 0.2) is 36.9 Å². The summed E-state index contributed by atoms with van der Waals surface area (Å²) in [6, 6.07) is 4.13. The van der Waals surface area contributed by atoms with Gasteiger partial charge in [-0.05, 0) is 11.9 Å². The van der Waals surface area contributed by atoms with Crippen molar-refractivity contribution in [2.45, 2.75) is 6.54 Å². The molecule has 7 heteroatoms. The minimum absolute atomic E-state index is 0.0389. The molecule has 2 aromatic rings. The fourth-order valence-corrected chi connectivity index (χ4v) is 2.74. The van der Waals surface area contributed by atoms with Gasteiger partial charge >= 0.3 is 0 Å². The number of aldehydes is 1. The molecule has 110 valence electrons. The predicted molar refractivity (Wildman–Crippen MR) is 81.2 cm³/mol. The van der Waals surface area contributed by atoms with E-state index in [2.05, 4.69) is 15.8 Å². The highest BCUT2D eigenvalue weighted by Gasteiger charge is 2.16. The summed E-state index contributed by atoms with van der Waals surface area (Å²) >= 11 is 0. The Kier molecular flexibility index (Phi) is 4.32. The third-order valence-electron chi connectivity index (χ3n) is 2.83. The second-order valence-corrected chi connectivity index (χ2v) is 6.92. The fourth-order valence-electron chi connectivity index (χ4n) is 1.79. The molecule has 0 N–H and O–H groups in total. The minimum atomic E-state index is -2.63. The summed E-state index contributed by atoms with van der Waals surface area (Å²) < 4.78 is 27.7. The summed E-state index contributed by atoms with van der Waals surface area (Å²) in [5, 5.41) is 0. The van der Waals surface area contributed by atoms with Gasteiger partial charge in [-0.1, -0.05) is 12.1 Å². The lowest BCUT2D eigenvalue weighted by atomic mass is 10.1. The molecule has 1 unspecified atom stereocenters. The molecule has 0 radical (unpaired) electrons. The normalized spacial score (nSPS) is 13.4. The first-order valence-corrected chi connectivity index (χ1v) is 8.09. The quantitative estimate of drug-likeness (QED) is 0.623. The molecule has 0 saturated heterocycles. The molecule has 0 aliphatic rings. The lowest BCUT2D eigenvalue weighted by Gasteiger charge is -2.25. The first-order chi connectivity index (χ1) is 9.91. The van der Waals surface area contributed by atoms with Gasteiger partial charge in [0, 0.05) is 27.1 Å². The van der Waals surface area contributed by atoms with Crippen LogP contribution in [0, 0.1) is 5.82 Å². The van der Waals surface area contributed by atoms with Crippen LogP contribution in [0.4, 0.5) is 10.1 Å². The van der Waals surface area contributed by atoms with Gasteiger partial charge in [0.05, 0.1) is 24.6 Å². The number of rotatable bonds is 5. The van der Waals surface area contributed by atoms with Crippen molar-refractivity contribution in [1.82, 2.24) is 9.97 Å². The minimum Gasteiger partial charge on any atom is -0.298 e. The van der Waals surface area contributed by atoms with Crippen molar-refractivity contribution < 1.29 is 13.4 Å². The Hall–Kier alpha value is -2.28. The highest BCUT2D eigenvalue weighted by molar-refractivity contribution is 8.00. The number of hydrogen-bond acceptors (Lipinski definition) is 4. The van der Waals surface area contributed by atoms with Gasteiger partial charge in [-0.2, -0.15) is 0 Å². The number of benzene rings is 1. The average Bonchev–Trinajstić information content (AvgIpc) is 2.45. The zero-order valence-corrected chi connectivity index (χ0v) is 12.2. The van der Waals surface area contributed by atoms with Crippen LogP contribution in [0.5, 0.6) is 0 Å². The number of nitrogens with zero attached hydrogens (tertiary/aromatic N) is 3. The maximum atomic E-state index is 14.0. The van der Waals surface area contributed by atoms with E-state index in [0.717, 1.165) is 6.07 Å². The smallest absolute Gasteiger partial charge is 0.150 e. The third-order valence-corrected chi connectivity index (χ3v) is 4.10. The zero-order valence-electron chi connectivity index (χ0n) is 11.4. The molecule has 0 spiro atoms. The van der Waals surface area contributed by atoms with E-state index in [1.165, 1.54) is 41.4 Å². The Bertz CT molecular complexity index is 748. The first kappa shape index (κ1) is 15.1. The monoisotopic (exact) mass is 307 g/mol. The summed E-state index contributed by atoms with van der Waals surface area (Å²) in [5.74, 6) is 3.09. The topological polar surface area (TPSA) is 63.2 Å². The molecule has 2 rings (SSSR count). The number of aromatic nitrogens is 2. The molecule has 0 fully saturated rings. The van der Waals surface area contributed by atoms with E-state index in [1.54, 1.807) is 0 Å². The Morgan fingerprint density at radius 2 is 2.05 bits per heavy atom. The largest absolute Gasteiger partial charge is 0.298 e. The summed E-state index contributed by atoms with van der Waals surface area (Å²) in [4.78, 5) is 18.4. The first-order valence-electron chi connectivity index (χ1n) is 6.00. The lowest BCUT2D eigenvalue weighted by Crippen LogP contribution is -2.29. The SMILES string of the molecule is C=S(C)(=O)N(Cc1ccc(C=O)cc1F)c1cncnc1. The molecule has 0 aliphatic heterocycles. The van der Waals surface area contributed by atoms with Crippen molar-refractivity contribution in [2.75, 3.05) is 10.6 Å². The van der Waals surface area contributed by atoms with Crippen molar-refractivity contribution in [1.29, 1.82) is 0 Å². The van der Waals surface area contributed by atoms with Crippen LogP contribution in [0.2, 0.25) is 0 Å². The highest BCUT2D eigenvalue weighted by atomic mass is 32.2. The third kappa shape index (κ3) is 3.63. The molecule has 1 aromatic carbocycles. The van der Waals surface area contributed by atoms with Gasteiger partial charge in [0.1, 0.15) is 18.4 Å². The van der Waals surface area contributed by atoms with Crippen LogP contribution in [0.25, 0.3) is 0 Å². The van der Waals surface area contributed by atoms with Crippen molar-refractivity contribution in [3.8, 4) is 0 Å². The van der Waals surface area contributed by atoms with Crippen molar-refractivity contribution >= 4 is 27.6 Å². The van der Waals surface area contributed by atoms with Crippen LogP contribution in [-0.4, -0.2) is 32.6 Å². The summed E-state index contributed by atoms with van der Waals surface area (Å²) in [7, 11) is -2.63. The van der Waals surface area contributed by atoms with E-state index < -0.39 is 15.5 Å². The Balaban J connectivity index is 2.39. The molecule has 1 heterocycles. The van der Waals surface area contributed by atoms with Gasteiger partial charge in [-0.25, -0.2) is 18.6 Å². The van der Waals surface area contributed by atoms with Gasteiger partial charge in [-0.15, -0.1) is 0 Å². The van der Waals surface area contributed by atoms with E-state index >= 15 is 0 Å². The Morgan fingerprint density at radius 1 is 1.38 bits per heavy atom. The predicted octanol–water partition coefficient (Wildman–Crippen LogP) is 1.70. The summed E-state index contributed by atoms with van der Waals surface area (Å²) in [6.07, 6.45) is 6.34. The maximum Gasteiger partial charge on any atom is 0.150 e. The van der Waals surface area contributed by atoms with E-state index in [-0.39, 0.29) is 12.1 Å². The number of halogens is 1. The van der Waals surface area contributed by atoms with E-state index in [0.29, 0.717) is 17.5 Å². The van der Waals surface area contributed by atoms with Gasteiger partial charge < -0.3 is 0 Å². The molecule has 0 bridgehead atoms. The molecule has 1 aromatic heterocycles. The second-order valence-electron chi connectivity index (χ2n) is 4.56. The molecule has 5 nitrogen and oxygen atoms in total. The van der Waals surface area contributed by atoms with E-state index in [1.807, 2.05) is 0 Å². The average molecular weight is 307 g/mol. The van der Waals surface area contributed by atoms with Gasteiger partial charge in [0.15, 0.2) is 0 Å². The van der Waals surface area contributed by atoms with Crippen LogP contribution in [-0.2, 0) is 16.3 Å². The van der Waals surface area contributed by atoms with Crippen LogP contribution in [0.3, 0.4) is 0 Å². The highest BCUT2D eigenvalue weighted by Crippen LogP contribution is 2.20. The van der Waals surface area contributed by atoms with E-state index in [9.17, 15) is 13.4 Å². The molecule has 21 heavy (non-hydrogen) atoms. The van der Waals surface area contributed by atoms with Crippen LogP contribution >= 0.6 is 0 Å². The number of carbonyl (C=O) groups is 1. The Morgan fingerprint density at radius 3 is 2.57 bits per heavy atom. The molecule has 1 atom stereocenters. The standard InChI is InChI=1S/C14H14FN3O2S/c1-21(2,20)18(13-6-16-10-17-7-13)8-12-4-3-11(9-19)5-14(12)15/h3-7,9-10H,1,8H2,2H3. The van der Waals surface area contributed by atoms with Gasteiger partial charge in [-0.3, -0.25) is 9.10 Å². The van der Waals surface area contributed by atoms with Crippen molar-refractivity contribution in [3.63, 3.8) is 0 Å². The molecule has 0 aliphatic carbocycles. The fraction of sp³-hybridized carbons (Fsp3) is 0.143. The number of carbonyl (C=O) groups excluding carboxylic acids is 1. The van der Waals surface area contributed by atoms with Crippen LogP contribution in [0.1, 0.15) is 15.9 Å². The summed E-state index contributed by atoms with van der Waals surface area (Å²) in [5.41, 5.74) is 1.04. The zero-order chi connectivity index (χ0) is 15.5. The molecular formula is C14H14FN3O2S. The number of anilines is 1. The van der Waals surface area contributed by atoms with Crippen molar-refractivity contribution in [2.24, 2.45) is 0 Å². The Labute approximate surface area is 122 Å². The molecule has 0 saturated carbocycles. The van der Waals surface area contributed by atoms with Crippen molar-refractivity contribution in [3.05, 3.63) is 53.9 Å². The second kappa shape index (κ2) is 6.01. The van der Waals surface area contributed by atoms with Crippen LogP contribution < -0.4 is 4.31 Å². The summed E-state index contributed by atoms with van der Waals surface area (Å²) in [6.45, 7) is 0.0389. The van der Waals surface area contributed by atoms with Gasteiger partial charge in [0.2, 0.25) is 0 Å².